The first kappa shape index (κ1) is 16.1. The normalized spacial score (nSPS) is 11.4. The average molecular weight is 369 g/mol. The van der Waals surface area contributed by atoms with Crippen molar-refractivity contribution in [2.75, 3.05) is 0 Å². The van der Waals surface area contributed by atoms with Crippen LogP contribution in [0.15, 0.2) is 109 Å². The molecule has 0 fully saturated rings. The summed E-state index contributed by atoms with van der Waals surface area (Å²) in [6, 6.07) is 39.1. The molecule has 29 heavy (non-hydrogen) atoms. The van der Waals surface area contributed by atoms with E-state index in [9.17, 15) is 0 Å². The fourth-order valence-electron chi connectivity index (χ4n) is 4.45. The first-order valence-corrected chi connectivity index (χ1v) is 9.96. The zero-order chi connectivity index (χ0) is 19.2. The Kier molecular flexibility index (Phi) is 3.54. The second-order valence-corrected chi connectivity index (χ2v) is 7.51. The summed E-state index contributed by atoms with van der Waals surface area (Å²) in [7, 11) is 0. The minimum atomic E-state index is 1.18. The molecule has 1 aromatic heterocycles. The van der Waals surface area contributed by atoms with Gasteiger partial charge in [-0.2, -0.15) is 0 Å². The van der Waals surface area contributed by atoms with Gasteiger partial charge >= 0.3 is 0 Å². The Morgan fingerprint density at radius 1 is 0.448 bits per heavy atom. The van der Waals surface area contributed by atoms with Crippen LogP contribution in [0, 0.1) is 0 Å². The van der Waals surface area contributed by atoms with Gasteiger partial charge in [-0.15, -0.1) is 0 Å². The Bertz CT molecular complexity index is 1500. The van der Waals surface area contributed by atoms with Crippen LogP contribution in [0.4, 0.5) is 0 Å². The van der Waals surface area contributed by atoms with E-state index in [1.807, 2.05) is 0 Å². The van der Waals surface area contributed by atoms with Gasteiger partial charge in [0, 0.05) is 21.9 Å². The summed E-state index contributed by atoms with van der Waals surface area (Å²) in [5, 5.41) is 5.10. The Labute approximate surface area is 169 Å². The lowest BCUT2D eigenvalue weighted by atomic mass is 9.94. The maximum atomic E-state index is 3.63. The van der Waals surface area contributed by atoms with Crippen LogP contribution in [0.5, 0.6) is 0 Å². The molecule has 0 bridgehead atoms. The quantitative estimate of drug-likeness (QED) is 0.320. The van der Waals surface area contributed by atoms with Crippen molar-refractivity contribution in [1.29, 1.82) is 0 Å². The smallest absolute Gasteiger partial charge is 0.0544 e. The van der Waals surface area contributed by atoms with Crippen LogP contribution in [-0.4, -0.2) is 4.98 Å². The largest absolute Gasteiger partial charge is 0.354 e. The van der Waals surface area contributed by atoms with Crippen molar-refractivity contribution in [2.24, 2.45) is 0 Å². The highest BCUT2D eigenvalue weighted by atomic mass is 14.7. The lowest BCUT2D eigenvalue weighted by Crippen LogP contribution is -1.84. The van der Waals surface area contributed by atoms with E-state index in [1.54, 1.807) is 0 Å². The van der Waals surface area contributed by atoms with Crippen LogP contribution < -0.4 is 0 Å². The van der Waals surface area contributed by atoms with Gasteiger partial charge in [-0.3, -0.25) is 0 Å². The van der Waals surface area contributed by atoms with E-state index in [4.69, 9.17) is 0 Å². The molecular weight excluding hydrogens is 350 g/mol. The molecule has 136 valence electrons. The van der Waals surface area contributed by atoms with Gasteiger partial charge in [0.05, 0.1) is 5.52 Å². The standard InChI is InChI=1S/C28H19N/c1-2-12-22-19(8-1)9-6-14-23(22)20-10-5-11-21(18-20)24-15-7-16-26-25-13-3-4-17-27(25)29-28(24)26/h1-18,29H. The zero-order valence-electron chi connectivity index (χ0n) is 15.9. The Hall–Kier alpha value is -3.84. The van der Waals surface area contributed by atoms with Crippen LogP contribution in [0.25, 0.3) is 54.8 Å². The summed E-state index contributed by atoms with van der Waals surface area (Å²) >= 11 is 0. The Morgan fingerprint density at radius 3 is 2.00 bits per heavy atom. The maximum Gasteiger partial charge on any atom is 0.0544 e. The number of para-hydroxylation sites is 2. The summed E-state index contributed by atoms with van der Waals surface area (Å²) < 4.78 is 0. The number of fused-ring (bicyclic) bond motifs is 4. The third-order valence-electron chi connectivity index (χ3n) is 5.82. The molecule has 6 rings (SSSR count). The van der Waals surface area contributed by atoms with Crippen LogP contribution in [0.2, 0.25) is 0 Å². The summed E-state index contributed by atoms with van der Waals surface area (Å²) in [5.74, 6) is 0. The first-order chi connectivity index (χ1) is 14.4. The van der Waals surface area contributed by atoms with Crippen molar-refractivity contribution < 1.29 is 0 Å². The van der Waals surface area contributed by atoms with E-state index >= 15 is 0 Å². The molecule has 0 saturated heterocycles. The molecule has 0 aliphatic rings. The van der Waals surface area contributed by atoms with Gasteiger partial charge < -0.3 is 4.98 Å². The van der Waals surface area contributed by atoms with Crippen molar-refractivity contribution in [3.8, 4) is 22.3 Å². The van der Waals surface area contributed by atoms with Crippen molar-refractivity contribution in [3.05, 3.63) is 109 Å². The van der Waals surface area contributed by atoms with Crippen molar-refractivity contribution in [1.82, 2.24) is 4.98 Å². The second kappa shape index (κ2) is 6.35. The first-order valence-electron chi connectivity index (χ1n) is 9.96. The molecule has 0 radical (unpaired) electrons. The predicted octanol–water partition coefficient (Wildman–Crippen LogP) is 7.81. The zero-order valence-corrected chi connectivity index (χ0v) is 15.9. The van der Waals surface area contributed by atoms with Gasteiger partial charge in [0.1, 0.15) is 0 Å². The molecule has 0 aliphatic carbocycles. The molecule has 0 amide bonds. The van der Waals surface area contributed by atoms with E-state index in [0.717, 1.165) is 0 Å². The van der Waals surface area contributed by atoms with Gasteiger partial charge in [-0.25, -0.2) is 0 Å². The molecule has 5 aromatic carbocycles. The Balaban J connectivity index is 1.58. The minimum Gasteiger partial charge on any atom is -0.354 e. The number of hydrogen-bond donors (Lipinski definition) is 1. The topological polar surface area (TPSA) is 15.8 Å². The molecule has 0 aliphatic heterocycles. The minimum absolute atomic E-state index is 1.18. The van der Waals surface area contributed by atoms with E-state index in [1.165, 1.54) is 54.8 Å². The van der Waals surface area contributed by atoms with Gasteiger partial charge in [0.25, 0.3) is 0 Å². The fourth-order valence-corrected chi connectivity index (χ4v) is 4.45. The third-order valence-corrected chi connectivity index (χ3v) is 5.82. The number of hydrogen-bond acceptors (Lipinski definition) is 0. The van der Waals surface area contributed by atoms with E-state index in [-0.39, 0.29) is 0 Å². The predicted molar refractivity (Wildman–Crippen MR) is 124 cm³/mol. The molecule has 1 nitrogen and oxygen atoms in total. The number of benzene rings is 5. The molecule has 1 heteroatoms. The van der Waals surface area contributed by atoms with Crippen LogP contribution in [0.1, 0.15) is 0 Å². The highest BCUT2D eigenvalue weighted by Gasteiger charge is 2.11. The monoisotopic (exact) mass is 369 g/mol. The molecule has 0 unspecified atom stereocenters. The average Bonchev–Trinajstić information content (AvgIpc) is 3.18. The van der Waals surface area contributed by atoms with E-state index < -0.39 is 0 Å². The van der Waals surface area contributed by atoms with Gasteiger partial charge in [0.2, 0.25) is 0 Å². The van der Waals surface area contributed by atoms with Gasteiger partial charge in [0.15, 0.2) is 0 Å². The fraction of sp³-hybridized carbons (Fsp3) is 0. The Morgan fingerprint density at radius 2 is 1.07 bits per heavy atom. The number of nitrogens with one attached hydrogen (secondary N) is 1. The molecule has 1 heterocycles. The number of rotatable bonds is 2. The number of aromatic amines is 1. The van der Waals surface area contributed by atoms with Crippen LogP contribution in [-0.2, 0) is 0 Å². The van der Waals surface area contributed by atoms with Gasteiger partial charge in [-0.05, 0) is 39.6 Å². The number of aromatic nitrogens is 1. The second-order valence-electron chi connectivity index (χ2n) is 7.51. The lowest BCUT2D eigenvalue weighted by Gasteiger charge is -2.10. The highest BCUT2D eigenvalue weighted by molar-refractivity contribution is 6.12. The van der Waals surface area contributed by atoms with Gasteiger partial charge in [-0.1, -0.05) is 97.1 Å². The summed E-state index contributed by atoms with van der Waals surface area (Å²) in [6.07, 6.45) is 0. The van der Waals surface area contributed by atoms with E-state index in [0.29, 0.717) is 0 Å². The molecule has 0 saturated carbocycles. The summed E-state index contributed by atoms with van der Waals surface area (Å²) in [4.78, 5) is 3.63. The van der Waals surface area contributed by atoms with Crippen molar-refractivity contribution in [2.45, 2.75) is 0 Å². The molecule has 0 atom stereocenters. The SMILES string of the molecule is c1cc(-c2cccc3ccccc23)cc(-c2cccc3c2[nH]c2ccccc23)c1. The summed E-state index contributed by atoms with van der Waals surface area (Å²) in [5.41, 5.74) is 7.36. The van der Waals surface area contributed by atoms with Crippen LogP contribution >= 0.6 is 0 Å². The van der Waals surface area contributed by atoms with Crippen molar-refractivity contribution in [3.63, 3.8) is 0 Å². The molecule has 0 spiro atoms. The summed E-state index contributed by atoms with van der Waals surface area (Å²) in [6.45, 7) is 0. The molecule has 6 aromatic rings. The molecular formula is C28H19N. The van der Waals surface area contributed by atoms with E-state index in [2.05, 4.69) is 114 Å². The van der Waals surface area contributed by atoms with Crippen molar-refractivity contribution >= 4 is 32.6 Å². The lowest BCUT2D eigenvalue weighted by molar-refractivity contribution is 1.53. The van der Waals surface area contributed by atoms with Crippen LogP contribution in [0.3, 0.4) is 0 Å². The third kappa shape index (κ3) is 2.55. The highest BCUT2D eigenvalue weighted by Crippen LogP contribution is 2.36. The maximum absolute atomic E-state index is 3.63. The number of H-pyrrole nitrogens is 1. The molecule has 1 N–H and O–H groups in total.